The highest BCUT2D eigenvalue weighted by Gasteiger charge is 2.19. The number of morpholine rings is 1. The summed E-state index contributed by atoms with van der Waals surface area (Å²) in [7, 11) is 0. The number of hydrogen-bond acceptors (Lipinski definition) is 4. The summed E-state index contributed by atoms with van der Waals surface area (Å²) in [5.74, 6) is 0.0168. The Balaban J connectivity index is 2.13. The molecule has 1 aromatic rings. The van der Waals surface area contributed by atoms with Crippen molar-refractivity contribution in [3.63, 3.8) is 0 Å². The van der Waals surface area contributed by atoms with Crippen LogP contribution in [-0.2, 0) is 4.74 Å². The van der Waals surface area contributed by atoms with Crippen molar-refractivity contribution < 1.29 is 14.9 Å². The molecule has 1 aliphatic rings. The van der Waals surface area contributed by atoms with Crippen LogP contribution in [0.2, 0.25) is 0 Å². The van der Waals surface area contributed by atoms with Gasteiger partial charge in [-0.2, -0.15) is 0 Å². The van der Waals surface area contributed by atoms with Crippen LogP contribution in [-0.4, -0.2) is 48.5 Å². The van der Waals surface area contributed by atoms with Crippen molar-refractivity contribution in [2.45, 2.75) is 12.2 Å². The third kappa shape index (κ3) is 3.14. The number of halogens is 1. The highest BCUT2D eigenvalue weighted by Crippen LogP contribution is 2.23. The van der Waals surface area contributed by atoms with E-state index in [9.17, 15) is 10.2 Å². The molecule has 0 amide bonds. The molecule has 1 saturated heterocycles. The third-order valence-electron chi connectivity index (χ3n) is 3.11. The van der Waals surface area contributed by atoms with Gasteiger partial charge in [0.1, 0.15) is 6.10 Å². The maximum absolute atomic E-state index is 9.93. The van der Waals surface area contributed by atoms with Gasteiger partial charge in [-0.15, -0.1) is 11.6 Å². The van der Waals surface area contributed by atoms with Crippen LogP contribution < -0.4 is 4.90 Å². The van der Waals surface area contributed by atoms with Gasteiger partial charge in [-0.1, -0.05) is 12.1 Å². The second kappa shape index (κ2) is 6.38. The minimum Gasteiger partial charge on any atom is -0.389 e. The van der Waals surface area contributed by atoms with Crippen LogP contribution in [0.25, 0.3) is 0 Å². The van der Waals surface area contributed by atoms with Crippen molar-refractivity contribution in [1.82, 2.24) is 0 Å². The van der Waals surface area contributed by atoms with Crippen LogP contribution in [0.5, 0.6) is 0 Å². The monoisotopic (exact) mass is 271 g/mol. The van der Waals surface area contributed by atoms with Gasteiger partial charge >= 0.3 is 0 Å². The van der Waals surface area contributed by atoms with Crippen LogP contribution in [0.15, 0.2) is 24.3 Å². The Hall–Kier alpha value is -0.810. The van der Waals surface area contributed by atoms with Crippen molar-refractivity contribution in [3.05, 3.63) is 29.8 Å². The fourth-order valence-corrected chi connectivity index (χ4v) is 2.20. The lowest BCUT2D eigenvalue weighted by molar-refractivity contribution is 0.0327. The number of aliphatic hydroxyl groups is 2. The zero-order valence-corrected chi connectivity index (χ0v) is 10.9. The number of alkyl halides is 1. The molecule has 4 nitrogen and oxygen atoms in total. The average molecular weight is 272 g/mol. The van der Waals surface area contributed by atoms with Gasteiger partial charge in [0.05, 0.1) is 25.2 Å². The lowest BCUT2D eigenvalue weighted by atomic mass is 10.0. The van der Waals surface area contributed by atoms with Crippen molar-refractivity contribution in [2.75, 3.05) is 37.1 Å². The Morgan fingerprint density at radius 1 is 1.28 bits per heavy atom. The standard InChI is InChI=1S/C13H18ClNO3/c14-9-12(16)13(17)10-2-1-3-11(8-10)15-4-6-18-7-5-15/h1-3,8,12-13,16-17H,4-7,9H2. The molecule has 0 aliphatic carbocycles. The number of rotatable bonds is 4. The topological polar surface area (TPSA) is 52.9 Å². The summed E-state index contributed by atoms with van der Waals surface area (Å²) >= 11 is 5.55. The molecule has 0 spiro atoms. The predicted octanol–water partition coefficient (Wildman–Crippen LogP) is 1.16. The SMILES string of the molecule is OC(CCl)C(O)c1cccc(N2CCOCC2)c1. The lowest BCUT2D eigenvalue weighted by Gasteiger charge is -2.29. The molecule has 100 valence electrons. The summed E-state index contributed by atoms with van der Waals surface area (Å²) in [5.41, 5.74) is 1.73. The van der Waals surface area contributed by atoms with Gasteiger partial charge in [-0.3, -0.25) is 0 Å². The Bertz CT molecular complexity index is 365. The number of anilines is 1. The Kier molecular flexibility index (Phi) is 4.83. The molecule has 0 saturated carbocycles. The molecule has 1 aromatic carbocycles. The van der Waals surface area contributed by atoms with Crippen molar-refractivity contribution in [1.29, 1.82) is 0 Å². The minimum atomic E-state index is -0.941. The minimum absolute atomic E-state index is 0.0168. The van der Waals surface area contributed by atoms with Gasteiger partial charge in [0.2, 0.25) is 0 Å². The van der Waals surface area contributed by atoms with E-state index in [0.717, 1.165) is 32.0 Å². The van der Waals surface area contributed by atoms with Crippen molar-refractivity contribution >= 4 is 17.3 Å². The van der Waals surface area contributed by atoms with Crippen LogP contribution >= 0.6 is 11.6 Å². The van der Waals surface area contributed by atoms with Crippen LogP contribution in [0, 0.1) is 0 Å². The molecule has 18 heavy (non-hydrogen) atoms. The van der Waals surface area contributed by atoms with Crippen LogP contribution in [0.3, 0.4) is 0 Å². The molecule has 0 radical (unpaired) electrons. The highest BCUT2D eigenvalue weighted by molar-refractivity contribution is 6.18. The summed E-state index contributed by atoms with van der Waals surface area (Å²) in [6.45, 7) is 3.13. The first kappa shape index (κ1) is 13.6. The normalized spacial score (nSPS) is 19.6. The molecule has 0 bridgehead atoms. The molecule has 1 fully saturated rings. The smallest absolute Gasteiger partial charge is 0.106 e. The van der Waals surface area contributed by atoms with Gasteiger partial charge in [-0.25, -0.2) is 0 Å². The van der Waals surface area contributed by atoms with E-state index in [2.05, 4.69) is 4.90 Å². The molecule has 1 aliphatic heterocycles. The molecule has 2 rings (SSSR count). The van der Waals surface area contributed by atoms with Crippen LogP contribution in [0.4, 0.5) is 5.69 Å². The van der Waals surface area contributed by atoms with Crippen molar-refractivity contribution in [3.8, 4) is 0 Å². The summed E-state index contributed by atoms with van der Waals surface area (Å²) in [4.78, 5) is 2.20. The molecule has 5 heteroatoms. The Labute approximate surface area is 112 Å². The third-order valence-corrected chi connectivity index (χ3v) is 3.43. The van der Waals surface area contributed by atoms with E-state index in [0.29, 0.717) is 5.56 Å². The summed E-state index contributed by atoms with van der Waals surface area (Å²) in [5, 5.41) is 19.5. The zero-order chi connectivity index (χ0) is 13.0. The van der Waals surface area contributed by atoms with E-state index in [1.165, 1.54) is 0 Å². The van der Waals surface area contributed by atoms with E-state index in [1.807, 2.05) is 18.2 Å². The number of benzene rings is 1. The fourth-order valence-electron chi connectivity index (χ4n) is 2.03. The molecule has 2 unspecified atom stereocenters. The number of aliphatic hydroxyl groups excluding tert-OH is 2. The fraction of sp³-hybridized carbons (Fsp3) is 0.538. The average Bonchev–Trinajstić information content (AvgIpc) is 2.46. The van der Waals surface area contributed by atoms with E-state index in [-0.39, 0.29) is 5.88 Å². The molecule has 0 aromatic heterocycles. The first-order valence-electron chi connectivity index (χ1n) is 6.07. The zero-order valence-electron chi connectivity index (χ0n) is 10.1. The van der Waals surface area contributed by atoms with E-state index in [4.69, 9.17) is 16.3 Å². The maximum Gasteiger partial charge on any atom is 0.106 e. The van der Waals surface area contributed by atoms with E-state index >= 15 is 0 Å². The molecule has 2 atom stereocenters. The van der Waals surface area contributed by atoms with Gasteiger partial charge in [0.25, 0.3) is 0 Å². The first-order valence-corrected chi connectivity index (χ1v) is 6.60. The Morgan fingerprint density at radius 2 is 2.00 bits per heavy atom. The molecule has 1 heterocycles. The van der Waals surface area contributed by atoms with Gasteiger partial charge < -0.3 is 19.8 Å². The van der Waals surface area contributed by atoms with E-state index in [1.54, 1.807) is 6.07 Å². The first-order chi connectivity index (χ1) is 8.72. The summed E-state index contributed by atoms with van der Waals surface area (Å²) in [6.07, 6.45) is -1.88. The predicted molar refractivity (Wildman–Crippen MR) is 71.2 cm³/mol. The van der Waals surface area contributed by atoms with E-state index < -0.39 is 12.2 Å². The second-order valence-electron chi connectivity index (χ2n) is 4.36. The number of ether oxygens (including phenoxy) is 1. The van der Waals surface area contributed by atoms with Crippen LogP contribution in [0.1, 0.15) is 11.7 Å². The molecular formula is C13H18ClNO3. The van der Waals surface area contributed by atoms with Gasteiger partial charge in [0.15, 0.2) is 0 Å². The molecule has 2 N–H and O–H groups in total. The van der Waals surface area contributed by atoms with Gasteiger partial charge in [0, 0.05) is 18.8 Å². The lowest BCUT2D eigenvalue weighted by Crippen LogP contribution is -2.36. The largest absolute Gasteiger partial charge is 0.389 e. The summed E-state index contributed by atoms with van der Waals surface area (Å²) in [6, 6.07) is 7.56. The number of hydrogen-bond donors (Lipinski definition) is 2. The second-order valence-corrected chi connectivity index (χ2v) is 4.67. The number of nitrogens with zero attached hydrogens (tertiary/aromatic N) is 1. The van der Waals surface area contributed by atoms with Gasteiger partial charge in [-0.05, 0) is 17.7 Å². The Morgan fingerprint density at radius 3 is 2.67 bits per heavy atom. The van der Waals surface area contributed by atoms with Crippen molar-refractivity contribution in [2.24, 2.45) is 0 Å². The highest BCUT2D eigenvalue weighted by atomic mass is 35.5. The maximum atomic E-state index is 9.93. The summed E-state index contributed by atoms with van der Waals surface area (Å²) < 4.78 is 5.31. The quantitative estimate of drug-likeness (QED) is 0.807. The molecular weight excluding hydrogens is 254 g/mol.